The average Bonchev–Trinajstić information content (AvgIpc) is 2.50. The minimum absolute atomic E-state index is 0.497. The van der Waals surface area contributed by atoms with Gasteiger partial charge in [-0.15, -0.1) is 0 Å². The van der Waals surface area contributed by atoms with Crippen molar-refractivity contribution in [2.24, 2.45) is 5.73 Å². The summed E-state index contributed by atoms with van der Waals surface area (Å²) in [6.45, 7) is 6.67. The molecule has 0 bridgehead atoms. The second kappa shape index (κ2) is 9.86. The van der Waals surface area contributed by atoms with Gasteiger partial charge < -0.3 is 15.6 Å². The molecule has 0 heterocycles. The first-order valence-corrected chi connectivity index (χ1v) is 8.64. The van der Waals surface area contributed by atoms with Gasteiger partial charge in [-0.2, -0.15) is 0 Å². The highest BCUT2D eigenvalue weighted by atomic mass is 16.5. The summed E-state index contributed by atoms with van der Waals surface area (Å²) < 4.78 is 5.76. The minimum atomic E-state index is -0.534. The van der Waals surface area contributed by atoms with Crippen molar-refractivity contribution in [2.75, 3.05) is 6.61 Å². The van der Waals surface area contributed by atoms with Crippen LogP contribution in [0.5, 0.6) is 5.75 Å². The van der Waals surface area contributed by atoms with Gasteiger partial charge in [0.2, 0.25) is 0 Å². The molecule has 22 heavy (non-hydrogen) atoms. The highest BCUT2D eigenvalue weighted by Crippen LogP contribution is 2.18. The fourth-order valence-electron chi connectivity index (χ4n) is 2.27. The van der Waals surface area contributed by atoms with E-state index in [4.69, 9.17) is 10.5 Å². The normalized spacial score (nSPS) is 15.3. The van der Waals surface area contributed by atoms with Gasteiger partial charge in [-0.05, 0) is 50.8 Å². The zero-order valence-electron chi connectivity index (χ0n) is 14.5. The summed E-state index contributed by atoms with van der Waals surface area (Å²) in [6.07, 6.45) is 7.42. The van der Waals surface area contributed by atoms with Crippen molar-refractivity contribution in [1.29, 1.82) is 0 Å². The number of aliphatic hydroxyl groups excluding tert-OH is 1. The van der Waals surface area contributed by atoms with Gasteiger partial charge in [0.05, 0.1) is 12.7 Å². The largest absolute Gasteiger partial charge is 0.494 e. The molecule has 0 aromatic heterocycles. The zero-order chi connectivity index (χ0) is 16.4. The second-order valence-corrected chi connectivity index (χ2v) is 6.59. The Morgan fingerprint density at radius 3 is 2.36 bits per heavy atom. The molecule has 0 saturated carbocycles. The Bertz CT molecular complexity index is 398. The predicted octanol–water partition coefficient (Wildman–Crippen LogP) is 4.07. The number of hydrogen-bond donors (Lipinski definition) is 2. The summed E-state index contributed by atoms with van der Waals surface area (Å²) in [6, 6.07) is 8.23. The summed E-state index contributed by atoms with van der Waals surface area (Å²) in [5.41, 5.74) is 6.77. The molecular formula is C19H33NO2. The van der Waals surface area contributed by atoms with E-state index in [1.54, 1.807) is 6.92 Å². The summed E-state index contributed by atoms with van der Waals surface area (Å²) >= 11 is 0. The van der Waals surface area contributed by atoms with E-state index in [2.05, 4.69) is 19.1 Å². The highest BCUT2D eigenvalue weighted by Gasteiger charge is 2.24. The van der Waals surface area contributed by atoms with Crippen LogP contribution in [0.15, 0.2) is 24.3 Å². The van der Waals surface area contributed by atoms with Crippen LogP contribution in [-0.4, -0.2) is 23.4 Å². The van der Waals surface area contributed by atoms with Crippen molar-refractivity contribution in [2.45, 2.75) is 77.4 Å². The van der Waals surface area contributed by atoms with Gasteiger partial charge in [-0.3, -0.25) is 0 Å². The van der Waals surface area contributed by atoms with Gasteiger partial charge in [0, 0.05) is 5.54 Å². The second-order valence-electron chi connectivity index (χ2n) is 6.59. The van der Waals surface area contributed by atoms with Crippen LogP contribution in [0.4, 0.5) is 0 Å². The van der Waals surface area contributed by atoms with E-state index in [1.807, 2.05) is 19.1 Å². The van der Waals surface area contributed by atoms with Crippen LogP contribution in [0.1, 0.15) is 64.9 Å². The monoisotopic (exact) mass is 307 g/mol. The molecule has 3 N–H and O–H groups in total. The van der Waals surface area contributed by atoms with Gasteiger partial charge in [-0.25, -0.2) is 0 Å². The number of ether oxygens (including phenoxy) is 1. The molecule has 0 saturated heterocycles. The van der Waals surface area contributed by atoms with Gasteiger partial charge in [0.15, 0.2) is 0 Å². The average molecular weight is 307 g/mol. The molecule has 0 aliphatic rings. The van der Waals surface area contributed by atoms with Crippen LogP contribution in [0.3, 0.4) is 0 Å². The minimum Gasteiger partial charge on any atom is -0.494 e. The molecule has 1 aromatic carbocycles. The molecule has 0 radical (unpaired) electrons. The third kappa shape index (κ3) is 7.28. The molecule has 0 spiro atoms. The number of aryl methyl sites for hydroxylation is 1. The van der Waals surface area contributed by atoms with E-state index in [-0.39, 0.29) is 0 Å². The lowest BCUT2D eigenvalue weighted by molar-refractivity contribution is 0.106. The van der Waals surface area contributed by atoms with Crippen LogP contribution in [0, 0.1) is 0 Å². The Labute approximate surface area is 135 Å². The van der Waals surface area contributed by atoms with Gasteiger partial charge in [-0.1, -0.05) is 44.7 Å². The third-order valence-corrected chi connectivity index (χ3v) is 4.35. The molecule has 1 aromatic rings. The number of unbranched alkanes of at least 4 members (excludes halogenated alkanes) is 4. The number of rotatable bonds is 11. The van der Waals surface area contributed by atoms with Crippen molar-refractivity contribution >= 4 is 0 Å². The Morgan fingerprint density at radius 1 is 1.14 bits per heavy atom. The van der Waals surface area contributed by atoms with E-state index in [9.17, 15) is 5.11 Å². The first-order chi connectivity index (χ1) is 10.5. The van der Waals surface area contributed by atoms with Gasteiger partial charge in [0.1, 0.15) is 5.75 Å². The Morgan fingerprint density at radius 2 is 1.77 bits per heavy atom. The van der Waals surface area contributed by atoms with E-state index in [1.165, 1.54) is 31.2 Å². The molecule has 0 unspecified atom stereocenters. The van der Waals surface area contributed by atoms with Crippen molar-refractivity contribution in [3.63, 3.8) is 0 Å². The van der Waals surface area contributed by atoms with Crippen molar-refractivity contribution in [3.8, 4) is 5.75 Å². The first kappa shape index (κ1) is 19.0. The smallest absolute Gasteiger partial charge is 0.119 e. The summed E-state index contributed by atoms with van der Waals surface area (Å²) in [5.74, 6) is 0.935. The molecule has 0 amide bonds. The summed E-state index contributed by atoms with van der Waals surface area (Å²) in [4.78, 5) is 0. The molecule has 2 atom stereocenters. The Hall–Kier alpha value is -1.06. The molecule has 3 nitrogen and oxygen atoms in total. The predicted molar refractivity (Wildman–Crippen MR) is 93.3 cm³/mol. The lowest BCUT2D eigenvalue weighted by Crippen LogP contribution is -2.46. The maximum Gasteiger partial charge on any atom is 0.119 e. The number of aliphatic hydroxyl groups is 1. The zero-order valence-corrected chi connectivity index (χ0v) is 14.5. The fraction of sp³-hybridized carbons (Fsp3) is 0.684. The van der Waals surface area contributed by atoms with Crippen LogP contribution in [0.25, 0.3) is 0 Å². The van der Waals surface area contributed by atoms with Gasteiger partial charge >= 0.3 is 0 Å². The molecule has 0 aliphatic heterocycles. The molecule has 1 rings (SSSR count). The number of benzene rings is 1. The van der Waals surface area contributed by atoms with Crippen LogP contribution in [-0.2, 0) is 6.42 Å². The van der Waals surface area contributed by atoms with Crippen molar-refractivity contribution < 1.29 is 9.84 Å². The molecule has 3 heteroatoms. The van der Waals surface area contributed by atoms with Crippen molar-refractivity contribution in [1.82, 2.24) is 0 Å². The van der Waals surface area contributed by atoms with E-state index >= 15 is 0 Å². The maximum atomic E-state index is 9.63. The Kier molecular flexibility index (Phi) is 8.51. The summed E-state index contributed by atoms with van der Waals surface area (Å²) in [5, 5.41) is 9.63. The maximum absolute atomic E-state index is 9.63. The van der Waals surface area contributed by atoms with E-state index < -0.39 is 11.6 Å². The van der Waals surface area contributed by atoms with E-state index in [0.29, 0.717) is 0 Å². The Balaban J connectivity index is 2.28. The van der Waals surface area contributed by atoms with Crippen LogP contribution >= 0.6 is 0 Å². The summed E-state index contributed by atoms with van der Waals surface area (Å²) in [7, 11) is 0. The third-order valence-electron chi connectivity index (χ3n) is 4.35. The molecular weight excluding hydrogens is 274 g/mol. The quantitative estimate of drug-likeness (QED) is 0.606. The molecule has 0 aliphatic carbocycles. The van der Waals surface area contributed by atoms with Crippen molar-refractivity contribution in [3.05, 3.63) is 29.8 Å². The SMILES string of the molecule is CCCCCCCOc1ccc(CC[C@](C)(N)[C@H](C)O)cc1. The first-order valence-electron chi connectivity index (χ1n) is 8.64. The number of nitrogens with two attached hydrogens (primary N) is 1. The highest BCUT2D eigenvalue weighted by molar-refractivity contribution is 5.27. The van der Waals surface area contributed by atoms with Gasteiger partial charge in [0.25, 0.3) is 0 Å². The lowest BCUT2D eigenvalue weighted by Gasteiger charge is -2.27. The standard InChI is InChI=1S/C19H33NO2/c1-4-5-6-7-8-15-22-18-11-9-17(10-12-18)13-14-19(3,20)16(2)21/h9-12,16,21H,4-8,13-15,20H2,1-3H3/t16-,19-/m0/s1. The van der Waals surface area contributed by atoms with Crippen LogP contribution < -0.4 is 10.5 Å². The fourth-order valence-corrected chi connectivity index (χ4v) is 2.27. The lowest BCUT2D eigenvalue weighted by atomic mass is 9.90. The van der Waals surface area contributed by atoms with Crippen LogP contribution in [0.2, 0.25) is 0 Å². The topological polar surface area (TPSA) is 55.5 Å². The molecule has 0 fully saturated rings. The van der Waals surface area contributed by atoms with E-state index in [0.717, 1.165) is 31.6 Å². The molecule has 126 valence electrons. The number of hydrogen-bond acceptors (Lipinski definition) is 3.